The number of Topliss-reactive ketones (excluding diaryl/α,β-unsaturated/α-hetero) is 1. The van der Waals surface area contributed by atoms with Crippen LogP contribution in [0.3, 0.4) is 0 Å². The van der Waals surface area contributed by atoms with Crippen LogP contribution >= 0.6 is 7.82 Å². The number of aryl methyl sites for hydroxylation is 1. The number of nitrogens with one attached hydrogen (secondary N) is 1. The maximum Gasteiger partial charge on any atom is 0.524 e. The number of phosphoric ester groups is 1. The molecule has 3 N–H and O–H groups in total. The normalized spacial score (nSPS) is 17.9. The third kappa shape index (κ3) is 8.21. The molecule has 3 heterocycles. The highest BCUT2D eigenvalue weighted by molar-refractivity contribution is 7.46. The van der Waals surface area contributed by atoms with Gasteiger partial charge in [-0.1, -0.05) is 73.7 Å². The number of para-hydroxylation sites is 1. The minimum atomic E-state index is -4.79. The first kappa shape index (κ1) is 37.5. The summed E-state index contributed by atoms with van der Waals surface area (Å²) in [6.07, 6.45) is 3.72. The maximum absolute atomic E-state index is 14.6. The SMILES string of the molecule is C=CCN1CC(=O)N2[C@@H](Cc3ccc(OP(=O)(O)O)cc3)C(=O)N(Cc3cccc4c(C(=O)CCC)cn(C)c34)C[C@@H]2N1C(=O)NCc1ccccc1. The van der Waals surface area contributed by atoms with Gasteiger partial charge in [-0.15, -0.1) is 6.58 Å². The minimum Gasteiger partial charge on any atom is -0.404 e. The van der Waals surface area contributed by atoms with Crippen molar-refractivity contribution in [3.05, 3.63) is 114 Å². The lowest BCUT2D eigenvalue weighted by molar-refractivity contribution is -0.189. The lowest BCUT2D eigenvalue weighted by Gasteiger charge is -2.55. The zero-order valence-corrected chi connectivity index (χ0v) is 30.5. The molecule has 3 aromatic carbocycles. The summed E-state index contributed by atoms with van der Waals surface area (Å²) in [5.41, 5.74) is 3.71. The van der Waals surface area contributed by atoms with Crippen LogP contribution in [0, 0.1) is 0 Å². The van der Waals surface area contributed by atoms with E-state index in [2.05, 4.69) is 11.9 Å². The molecule has 0 radical (unpaired) electrons. The van der Waals surface area contributed by atoms with Crippen LogP contribution in [0.1, 0.15) is 46.8 Å². The maximum atomic E-state index is 14.6. The van der Waals surface area contributed by atoms with Crippen LogP contribution in [-0.4, -0.2) is 89.6 Å². The lowest BCUT2D eigenvalue weighted by Crippen LogP contribution is -2.76. The van der Waals surface area contributed by atoms with Crippen molar-refractivity contribution >= 4 is 42.4 Å². The number of aromatic nitrogens is 1. The molecule has 15 heteroatoms. The predicted octanol–water partition coefficient (Wildman–Crippen LogP) is 4.37. The number of carbonyl (C=O) groups is 4. The highest BCUT2D eigenvalue weighted by Crippen LogP contribution is 2.38. The molecule has 278 valence electrons. The van der Waals surface area contributed by atoms with Crippen molar-refractivity contribution in [1.29, 1.82) is 0 Å². The van der Waals surface area contributed by atoms with E-state index in [0.29, 0.717) is 24.0 Å². The van der Waals surface area contributed by atoms with Crippen LogP contribution in [-0.2, 0) is 40.7 Å². The van der Waals surface area contributed by atoms with E-state index in [9.17, 15) is 33.5 Å². The van der Waals surface area contributed by atoms with Gasteiger partial charge >= 0.3 is 13.9 Å². The van der Waals surface area contributed by atoms with Crippen LogP contribution in [0.15, 0.2) is 91.6 Å². The first-order valence-corrected chi connectivity index (χ1v) is 18.9. The van der Waals surface area contributed by atoms with Gasteiger partial charge in [-0.25, -0.2) is 19.4 Å². The summed E-state index contributed by atoms with van der Waals surface area (Å²) in [5, 5.41) is 6.89. The standard InChI is InChI=1S/C38H43N6O8P/c1-4-10-33(45)31-23-40(3)36-28(13-9-14-30(31)36)22-41-24-34-43(32(37(41)47)20-26-15-17-29(18-16-26)52-53(49,50)51)35(46)25-42(19-5-2)44(34)38(48)39-21-27-11-7-6-8-12-27/h5-9,11-18,23,32,34H,2,4,10,19-22,24-25H2,1,3H3,(H,39,48)(H2,49,50,51)/t32-,34-/m0/s1. The van der Waals surface area contributed by atoms with Crippen molar-refractivity contribution in [3.8, 4) is 5.75 Å². The number of hydrazine groups is 1. The van der Waals surface area contributed by atoms with Crippen molar-refractivity contribution in [2.75, 3.05) is 19.6 Å². The number of rotatable bonds is 13. The highest BCUT2D eigenvalue weighted by Gasteiger charge is 2.51. The Labute approximate surface area is 307 Å². The summed E-state index contributed by atoms with van der Waals surface area (Å²) in [7, 11) is -2.93. The number of nitrogens with zero attached hydrogens (tertiary/aromatic N) is 5. The molecule has 4 aromatic rings. The van der Waals surface area contributed by atoms with Gasteiger partial charge in [-0.05, 0) is 35.2 Å². The van der Waals surface area contributed by atoms with E-state index < -0.39 is 26.1 Å². The third-order valence-corrected chi connectivity index (χ3v) is 9.91. The average molecular weight is 743 g/mol. The van der Waals surface area contributed by atoms with Gasteiger partial charge in [0.05, 0.1) is 18.6 Å². The molecule has 2 atom stereocenters. The van der Waals surface area contributed by atoms with Crippen molar-refractivity contribution in [1.82, 2.24) is 29.7 Å². The molecule has 53 heavy (non-hydrogen) atoms. The van der Waals surface area contributed by atoms with Crippen LogP contribution < -0.4 is 9.84 Å². The van der Waals surface area contributed by atoms with Gasteiger partial charge in [0.25, 0.3) is 0 Å². The Bertz CT molecular complexity index is 2060. The average Bonchev–Trinajstić information content (AvgIpc) is 3.47. The second kappa shape index (κ2) is 15.8. The Balaban J connectivity index is 1.38. The van der Waals surface area contributed by atoms with Crippen molar-refractivity contribution < 1.29 is 38.1 Å². The molecule has 0 spiro atoms. The fourth-order valence-electron chi connectivity index (χ4n) is 7.22. The molecular weight excluding hydrogens is 699 g/mol. The zero-order valence-electron chi connectivity index (χ0n) is 29.6. The van der Waals surface area contributed by atoms with Gasteiger partial charge in [0, 0.05) is 56.7 Å². The highest BCUT2D eigenvalue weighted by atomic mass is 31.2. The molecule has 2 aliphatic rings. The second-order valence-electron chi connectivity index (χ2n) is 13.2. The van der Waals surface area contributed by atoms with E-state index in [0.717, 1.165) is 22.0 Å². The number of ketones is 1. The minimum absolute atomic E-state index is 0.00493. The smallest absolute Gasteiger partial charge is 0.404 e. The van der Waals surface area contributed by atoms with Crippen molar-refractivity contribution in [2.45, 2.75) is 51.5 Å². The summed E-state index contributed by atoms with van der Waals surface area (Å²) in [5.74, 6) is -0.690. The summed E-state index contributed by atoms with van der Waals surface area (Å²) in [6.45, 7) is 6.21. The number of urea groups is 1. The second-order valence-corrected chi connectivity index (χ2v) is 14.4. The molecule has 0 unspecified atom stereocenters. The van der Waals surface area contributed by atoms with Crippen LogP contribution in [0.25, 0.3) is 10.9 Å². The molecule has 1 aromatic heterocycles. The van der Waals surface area contributed by atoms with E-state index in [-0.39, 0.29) is 62.5 Å². The molecule has 4 amide bonds. The molecule has 0 saturated carbocycles. The lowest BCUT2D eigenvalue weighted by atomic mass is 9.97. The summed E-state index contributed by atoms with van der Waals surface area (Å²) < 4.78 is 18.0. The largest absolute Gasteiger partial charge is 0.524 e. The number of hydrogen-bond donors (Lipinski definition) is 3. The number of amides is 4. The monoisotopic (exact) mass is 742 g/mol. The van der Waals surface area contributed by atoms with Gasteiger partial charge < -0.3 is 24.2 Å². The van der Waals surface area contributed by atoms with Gasteiger partial charge in [-0.2, -0.15) is 0 Å². The topological polar surface area (TPSA) is 165 Å². The molecule has 14 nitrogen and oxygen atoms in total. The van der Waals surface area contributed by atoms with Crippen LogP contribution in [0.4, 0.5) is 4.79 Å². The Morgan fingerprint density at radius 2 is 1.75 bits per heavy atom. The van der Waals surface area contributed by atoms with E-state index in [1.807, 2.05) is 73.3 Å². The summed E-state index contributed by atoms with van der Waals surface area (Å²) in [6, 6.07) is 19.5. The van der Waals surface area contributed by atoms with Crippen LogP contribution in [0.5, 0.6) is 5.75 Å². The number of fused-ring (bicyclic) bond motifs is 2. The van der Waals surface area contributed by atoms with E-state index in [1.54, 1.807) is 28.1 Å². The number of benzene rings is 3. The first-order valence-electron chi connectivity index (χ1n) is 17.4. The molecular formula is C38H43N6O8P. The predicted molar refractivity (Wildman–Crippen MR) is 197 cm³/mol. The molecule has 2 aliphatic heterocycles. The third-order valence-electron chi connectivity index (χ3n) is 9.47. The van der Waals surface area contributed by atoms with E-state index in [4.69, 9.17) is 4.52 Å². The van der Waals surface area contributed by atoms with Crippen LogP contribution in [0.2, 0.25) is 0 Å². The summed E-state index contributed by atoms with van der Waals surface area (Å²) >= 11 is 0. The van der Waals surface area contributed by atoms with E-state index in [1.165, 1.54) is 22.0 Å². The van der Waals surface area contributed by atoms with Gasteiger partial charge in [0.1, 0.15) is 18.0 Å². The molecule has 0 bridgehead atoms. The van der Waals surface area contributed by atoms with Gasteiger partial charge in [0.15, 0.2) is 5.78 Å². The fraction of sp³-hybridized carbons (Fsp3) is 0.316. The van der Waals surface area contributed by atoms with Crippen molar-refractivity contribution in [3.63, 3.8) is 0 Å². The van der Waals surface area contributed by atoms with Crippen molar-refractivity contribution in [2.24, 2.45) is 7.05 Å². The first-order chi connectivity index (χ1) is 25.4. The van der Waals surface area contributed by atoms with Gasteiger partial charge in [-0.3, -0.25) is 24.2 Å². The zero-order chi connectivity index (χ0) is 37.9. The molecule has 6 rings (SSSR count). The number of piperazine rings is 1. The molecule has 2 saturated heterocycles. The van der Waals surface area contributed by atoms with E-state index >= 15 is 0 Å². The Kier molecular flexibility index (Phi) is 11.2. The quantitative estimate of drug-likeness (QED) is 0.103. The fourth-order valence-corrected chi connectivity index (χ4v) is 7.61. The number of carbonyl (C=O) groups excluding carboxylic acids is 4. The number of hydrogen-bond acceptors (Lipinski definition) is 7. The molecule has 0 aliphatic carbocycles. The Hall–Kier alpha value is -5.27. The van der Waals surface area contributed by atoms with Gasteiger partial charge in [0.2, 0.25) is 11.8 Å². The number of phosphoric acid groups is 1. The Morgan fingerprint density at radius 1 is 1.02 bits per heavy atom. The Morgan fingerprint density at radius 3 is 2.43 bits per heavy atom. The molecule has 2 fully saturated rings. The summed E-state index contributed by atoms with van der Waals surface area (Å²) in [4.78, 5) is 77.3.